The molecule has 0 radical (unpaired) electrons. The van der Waals surface area contributed by atoms with Gasteiger partial charge in [-0.1, -0.05) is 32.6 Å². The van der Waals surface area contributed by atoms with Crippen LogP contribution in [0.15, 0.2) is 24.3 Å². The Morgan fingerprint density at radius 1 is 1.33 bits per heavy atom. The molecule has 3 N–H and O–H groups in total. The van der Waals surface area contributed by atoms with Gasteiger partial charge in [-0.25, -0.2) is 4.79 Å². The first-order chi connectivity index (χ1) is 12.4. The molecular formula is C20H33N3O4. The van der Waals surface area contributed by atoms with Crippen molar-refractivity contribution >= 4 is 17.9 Å². The first-order valence-electron chi connectivity index (χ1n) is 9.37. The van der Waals surface area contributed by atoms with Crippen molar-refractivity contribution in [1.82, 2.24) is 10.2 Å². The minimum absolute atomic E-state index is 0.253. The molecule has 7 heteroatoms. The molecule has 1 rings (SSSR count). The predicted octanol–water partition coefficient (Wildman–Crippen LogP) is 2.51. The zero-order valence-electron chi connectivity index (χ0n) is 17.1. The van der Waals surface area contributed by atoms with E-state index in [0.717, 1.165) is 6.42 Å². The highest BCUT2D eigenvalue weighted by atomic mass is 16.6. The van der Waals surface area contributed by atoms with Gasteiger partial charge in [-0.05, 0) is 46.0 Å². The Morgan fingerprint density at radius 3 is 2.48 bits per heavy atom. The van der Waals surface area contributed by atoms with Crippen LogP contribution in [0, 0.1) is 5.92 Å². The van der Waals surface area contributed by atoms with Crippen LogP contribution >= 0.6 is 0 Å². The number of nitrogens with one attached hydrogen (secondary N) is 1. The average molecular weight is 380 g/mol. The number of rotatable bonds is 7. The molecule has 2 atom stereocenters. The van der Waals surface area contributed by atoms with E-state index >= 15 is 0 Å². The van der Waals surface area contributed by atoms with Crippen LogP contribution in [0.3, 0.4) is 0 Å². The molecule has 1 fully saturated rings. The topological polar surface area (TPSA) is 102 Å². The lowest BCUT2D eigenvalue weighted by Crippen LogP contribution is -2.44. The van der Waals surface area contributed by atoms with Crippen LogP contribution in [-0.2, 0) is 14.3 Å². The maximum atomic E-state index is 12.6. The average Bonchev–Trinajstić information content (AvgIpc) is 2.98. The molecule has 0 saturated carbocycles. The van der Waals surface area contributed by atoms with E-state index in [0.29, 0.717) is 25.3 Å². The van der Waals surface area contributed by atoms with Gasteiger partial charge in [0, 0.05) is 12.1 Å². The third-order valence-electron chi connectivity index (χ3n) is 4.07. The first kappa shape index (κ1) is 22.7. The van der Waals surface area contributed by atoms with Crippen LogP contribution in [-0.4, -0.2) is 47.0 Å². The Balaban J connectivity index is 2.77. The van der Waals surface area contributed by atoms with Gasteiger partial charge in [0.2, 0.25) is 5.91 Å². The fourth-order valence-corrected chi connectivity index (χ4v) is 2.95. The lowest BCUT2D eigenvalue weighted by Gasteiger charge is -2.24. The van der Waals surface area contributed by atoms with E-state index in [2.05, 4.69) is 11.9 Å². The molecule has 1 heterocycles. The van der Waals surface area contributed by atoms with Gasteiger partial charge in [0.1, 0.15) is 11.6 Å². The van der Waals surface area contributed by atoms with Gasteiger partial charge in [-0.2, -0.15) is 0 Å². The number of ether oxygens (including phenoxy) is 1. The molecule has 0 aromatic carbocycles. The third kappa shape index (κ3) is 7.85. The molecule has 0 bridgehead atoms. The Morgan fingerprint density at radius 2 is 1.96 bits per heavy atom. The molecule has 0 unspecified atom stereocenters. The number of alkyl carbamates (subject to hydrolysis) is 1. The molecule has 1 aliphatic rings. The van der Waals surface area contributed by atoms with Gasteiger partial charge in [0.05, 0.1) is 6.04 Å². The molecule has 0 aromatic rings. The summed E-state index contributed by atoms with van der Waals surface area (Å²) in [5, 5.41) is 2.81. The summed E-state index contributed by atoms with van der Waals surface area (Å²) in [5.41, 5.74) is 5.03. The van der Waals surface area contributed by atoms with Crippen molar-refractivity contribution < 1.29 is 19.1 Å². The number of carbonyl (C=O) groups is 3. The second-order valence-electron chi connectivity index (χ2n) is 8.33. The first-order valence-corrected chi connectivity index (χ1v) is 9.37. The molecule has 7 nitrogen and oxygen atoms in total. The summed E-state index contributed by atoms with van der Waals surface area (Å²) in [6, 6.07) is -0.871. The van der Waals surface area contributed by atoms with Crippen molar-refractivity contribution in [2.24, 2.45) is 11.7 Å². The number of likely N-dealkylation sites (tertiary alicyclic amines) is 1. The van der Waals surface area contributed by atoms with E-state index in [4.69, 9.17) is 10.5 Å². The number of primary amides is 1. The summed E-state index contributed by atoms with van der Waals surface area (Å²) in [7, 11) is 0. The van der Waals surface area contributed by atoms with Gasteiger partial charge in [0.15, 0.2) is 0 Å². The van der Waals surface area contributed by atoms with Crippen LogP contribution in [0.5, 0.6) is 0 Å². The normalized spacial score (nSPS) is 18.6. The summed E-state index contributed by atoms with van der Waals surface area (Å²) < 4.78 is 5.29. The Bertz CT molecular complexity index is 605. The lowest BCUT2D eigenvalue weighted by atomic mass is 10.0. The second kappa shape index (κ2) is 9.58. The van der Waals surface area contributed by atoms with Crippen LogP contribution in [0.1, 0.15) is 53.9 Å². The van der Waals surface area contributed by atoms with Gasteiger partial charge < -0.3 is 20.7 Å². The Hall–Kier alpha value is -2.31. The molecule has 0 aromatic heterocycles. The van der Waals surface area contributed by atoms with E-state index in [1.54, 1.807) is 32.9 Å². The quantitative estimate of drug-likeness (QED) is 0.524. The third-order valence-corrected chi connectivity index (χ3v) is 4.07. The summed E-state index contributed by atoms with van der Waals surface area (Å²) in [6.07, 6.45) is 4.82. The Kier molecular flexibility index (Phi) is 8.06. The monoisotopic (exact) mass is 379 g/mol. The predicted molar refractivity (Wildman–Crippen MR) is 105 cm³/mol. The second-order valence-corrected chi connectivity index (χ2v) is 8.33. The highest BCUT2D eigenvalue weighted by Gasteiger charge is 2.33. The summed E-state index contributed by atoms with van der Waals surface area (Å²) >= 11 is 0. The number of hydrogen-bond acceptors (Lipinski definition) is 4. The standard InChI is InChI=1S/C20H33N3O4/c1-13(2)12-15(22-19(26)27-20(4,5)6)10-9-14(3)18(25)23-11-7-8-16(23)17(21)24/h9-10,13,15-16H,3,7-8,11-12H2,1-2,4-6H3,(H2,21,24)(H,22,26)/b10-9+/t15-,16+/m1/s1. The molecule has 27 heavy (non-hydrogen) atoms. The molecule has 1 saturated heterocycles. The molecule has 152 valence electrons. The maximum Gasteiger partial charge on any atom is 0.408 e. The lowest BCUT2D eigenvalue weighted by molar-refractivity contribution is -0.134. The fourth-order valence-electron chi connectivity index (χ4n) is 2.95. The molecule has 0 aliphatic carbocycles. The SMILES string of the molecule is C=C(/C=C/[C@H](CC(C)C)NC(=O)OC(C)(C)C)C(=O)N1CCC[C@H]1C(N)=O. The van der Waals surface area contributed by atoms with E-state index in [1.807, 2.05) is 13.8 Å². The van der Waals surface area contributed by atoms with Crippen LogP contribution in [0.2, 0.25) is 0 Å². The maximum absolute atomic E-state index is 12.6. The summed E-state index contributed by atoms with van der Waals surface area (Å²) in [4.78, 5) is 37.5. The zero-order chi connectivity index (χ0) is 20.8. The summed E-state index contributed by atoms with van der Waals surface area (Å²) in [6.45, 7) is 13.8. The van der Waals surface area contributed by atoms with E-state index in [1.165, 1.54) is 4.90 Å². The highest BCUT2D eigenvalue weighted by Crippen LogP contribution is 2.19. The van der Waals surface area contributed by atoms with E-state index < -0.39 is 23.6 Å². The van der Waals surface area contributed by atoms with Gasteiger partial charge >= 0.3 is 6.09 Å². The van der Waals surface area contributed by atoms with Crippen molar-refractivity contribution in [2.75, 3.05) is 6.54 Å². The van der Waals surface area contributed by atoms with Gasteiger partial charge in [-0.3, -0.25) is 9.59 Å². The molecule has 1 aliphatic heterocycles. The van der Waals surface area contributed by atoms with Crippen molar-refractivity contribution in [3.05, 3.63) is 24.3 Å². The zero-order valence-corrected chi connectivity index (χ0v) is 17.1. The van der Waals surface area contributed by atoms with Crippen LogP contribution < -0.4 is 11.1 Å². The van der Waals surface area contributed by atoms with Crippen molar-refractivity contribution in [1.29, 1.82) is 0 Å². The van der Waals surface area contributed by atoms with Crippen LogP contribution in [0.25, 0.3) is 0 Å². The van der Waals surface area contributed by atoms with Gasteiger partial charge in [-0.15, -0.1) is 0 Å². The number of nitrogens with two attached hydrogens (primary N) is 1. The van der Waals surface area contributed by atoms with Crippen molar-refractivity contribution in [3.63, 3.8) is 0 Å². The number of hydrogen-bond donors (Lipinski definition) is 2. The van der Waals surface area contributed by atoms with E-state index in [-0.39, 0.29) is 17.5 Å². The highest BCUT2D eigenvalue weighted by molar-refractivity contribution is 5.98. The minimum Gasteiger partial charge on any atom is -0.444 e. The smallest absolute Gasteiger partial charge is 0.408 e. The Labute approximate surface area is 162 Å². The van der Waals surface area contributed by atoms with Crippen LogP contribution in [0.4, 0.5) is 4.79 Å². The number of nitrogens with zero attached hydrogens (tertiary/aromatic N) is 1. The number of carbonyl (C=O) groups excluding carboxylic acids is 3. The van der Waals surface area contributed by atoms with E-state index in [9.17, 15) is 14.4 Å². The fraction of sp³-hybridized carbons (Fsp3) is 0.650. The largest absolute Gasteiger partial charge is 0.444 e. The summed E-state index contributed by atoms with van der Waals surface area (Å²) in [5.74, 6) is -0.480. The van der Waals surface area contributed by atoms with Gasteiger partial charge in [0.25, 0.3) is 5.91 Å². The van der Waals surface area contributed by atoms with Crippen molar-refractivity contribution in [2.45, 2.75) is 71.6 Å². The molecule has 0 spiro atoms. The minimum atomic E-state index is -0.588. The molecule has 3 amide bonds. The number of amides is 3. The van der Waals surface area contributed by atoms with Crippen molar-refractivity contribution in [3.8, 4) is 0 Å². The molecular weight excluding hydrogens is 346 g/mol.